The van der Waals surface area contributed by atoms with E-state index in [1.165, 1.54) is 5.56 Å². The summed E-state index contributed by atoms with van der Waals surface area (Å²) in [6.45, 7) is 5.56. The molecule has 1 saturated heterocycles. The van der Waals surface area contributed by atoms with Gasteiger partial charge in [0.25, 0.3) is 5.91 Å². The number of benzene rings is 2. The van der Waals surface area contributed by atoms with Crippen molar-refractivity contribution in [3.8, 4) is 5.75 Å². The average molecular weight is 421 g/mol. The predicted octanol–water partition coefficient (Wildman–Crippen LogP) is 4.44. The van der Waals surface area contributed by atoms with Crippen molar-refractivity contribution >= 4 is 29.1 Å². The summed E-state index contributed by atoms with van der Waals surface area (Å²) in [7, 11) is 0. The minimum absolute atomic E-state index is 0.126. The zero-order chi connectivity index (χ0) is 19.9. The van der Waals surface area contributed by atoms with Gasteiger partial charge in [-0.2, -0.15) is 0 Å². The van der Waals surface area contributed by atoms with E-state index in [9.17, 15) is 4.79 Å². The fraction of sp³-hybridized carbons (Fsp3) is 0.409. The standard InChI is InChI=1S/C22H26Cl2N2O2/c1-16(28-21-12-19(23)11-20(24)13-21)22(27)25-14-18-8-10-26(15-18)9-7-17-5-3-2-4-6-17/h2-6,11-13,16,18H,7-10,14-15H2,1H3,(H,25,27). The number of nitrogens with one attached hydrogen (secondary N) is 1. The molecule has 2 atom stereocenters. The molecule has 0 saturated carbocycles. The Hall–Kier alpha value is -1.75. The molecule has 0 spiro atoms. The van der Waals surface area contributed by atoms with Crippen LogP contribution in [0.5, 0.6) is 5.75 Å². The van der Waals surface area contributed by atoms with Gasteiger partial charge in [-0.05, 0) is 56.0 Å². The molecule has 2 unspecified atom stereocenters. The molecule has 150 valence electrons. The zero-order valence-corrected chi connectivity index (χ0v) is 17.5. The van der Waals surface area contributed by atoms with Gasteiger partial charge < -0.3 is 15.0 Å². The second kappa shape index (κ2) is 10.1. The van der Waals surface area contributed by atoms with Crippen molar-refractivity contribution in [2.45, 2.75) is 25.9 Å². The molecule has 0 aliphatic carbocycles. The lowest BCUT2D eigenvalue weighted by atomic mass is 10.1. The minimum Gasteiger partial charge on any atom is -0.481 e. The van der Waals surface area contributed by atoms with Crippen LogP contribution in [0.25, 0.3) is 0 Å². The molecule has 1 amide bonds. The largest absolute Gasteiger partial charge is 0.481 e. The van der Waals surface area contributed by atoms with E-state index in [0.717, 1.165) is 32.5 Å². The van der Waals surface area contributed by atoms with E-state index in [4.69, 9.17) is 27.9 Å². The highest BCUT2D eigenvalue weighted by atomic mass is 35.5. The van der Waals surface area contributed by atoms with E-state index >= 15 is 0 Å². The number of ether oxygens (including phenoxy) is 1. The summed E-state index contributed by atoms with van der Waals surface area (Å²) in [6.07, 6.45) is 1.56. The smallest absolute Gasteiger partial charge is 0.260 e. The predicted molar refractivity (Wildman–Crippen MR) is 114 cm³/mol. The number of hydrogen-bond acceptors (Lipinski definition) is 3. The van der Waals surface area contributed by atoms with Gasteiger partial charge in [0.15, 0.2) is 6.10 Å². The SMILES string of the molecule is CC(Oc1cc(Cl)cc(Cl)c1)C(=O)NCC1CCN(CCc2ccccc2)C1. The molecular formula is C22H26Cl2N2O2. The lowest BCUT2D eigenvalue weighted by Gasteiger charge is -2.18. The number of nitrogens with zero attached hydrogens (tertiary/aromatic N) is 1. The van der Waals surface area contributed by atoms with E-state index in [0.29, 0.717) is 28.3 Å². The molecule has 1 heterocycles. The fourth-order valence-corrected chi connectivity index (χ4v) is 3.96. The summed E-state index contributed by atoms with van der Waals surface area (Å²) in [4.78, 5) is 14.8. The summed E-state index contributed by atoms with van der Waals surface area (Å²) in [5, 5.41) is 3.98. The first-order chi connectivity index (χ1) is 13.5. The van der Waals surface area contributed by atoms with Crippen LogP contribution in [0.2, 0.25) is 10.0 Å². The Morgan fingerprint density at radius 1 is 1.21 bits per heavy atom. The maximum atomic E-state index is 12.4. The molecule has 1 aliphatic heterocycles. The lowest BCUT2D eigenvalue weighted by Crippen LogP contribution is -2.39. The third kappa shape index (κ3) is 6.40. The molecule has 1 N–H and O–H groups in total. The normalized spacial score (nSPS) is 18.0. The highest BCUT2D eigenvalue weighted by molar-refractivity contribution is 6.34. The van der Waals surface area contributed by atoms with Crippen LogP contribution < -0.4 is 10.1 Å². The summed E-state index contributed by atoms with van der Waals surface area (Å²) in [5.74, 6) is 0.847. The van der Waals surface area contributed by atoms with Gasteiger partial charge in [-0.3, -0.25) is 4.79 Å². The number of likely N-dealkylation sites (tertiary alicyclic amines) is 1. The van der Waals surface area contributed by atoms with Crippen molar-refractivity contribution < 1.29 is 9.53 Å². The van der Waals surface area contributed by atoms with Crippen LogP contribution in [0.15, 0.2) is 48.5 Å². The maximum Gasteiger partial charge on any atom is 0.260 e. The Kier molecular flexibility index (Phi) is 7.60. The van der Waals surface area contributed by atoms with Crippen molar-refractivity contribution in [1.29, 1.82) is 0 Å². The Bertz CT molecular complexity index is 765. The van der Waals surface area contributed by atoms with Crippen LogP contribution in [0, 0.1) is 5.92 Å². The Balaban J connectivity index is 1.38. The van der Waals surface area contributed by atoms with Crippen molar-refractivity contribution in [3.05, 3.63) is 64.1 Å². The number of carbonyl (C=O) groups is 1. The molecule has 2 aromatic rings. The van der Waals surface area contributed by atoms with Crippen molar-refractivity contribution in [2.75, 3.05) is 26.2 Å². The van der Waals surface area contributed by atoms with Crippen LogP contribution >= 0.6 is 23.2 Å². The second-order valence-corrected chi connectivity index (χ2v) is 8.17. The fourth-order valence-electron chi connectivity index (χ4n) is 3.46. The molecule has 1 fully saturated rings. The van der Waals surface area contributed by atoms with Crippen LogP contribution in [0.3, 0.4) is 0 Å². The molecule has 1 aliphatic rings. The van der Waals surface area contributed by atoms with E-state index < -0.39 is 6.10 Å². The number of hydrogen-bond donors (Lipinski definition) is 1. The maximum absolute atomic E-state index is 12.4. The summed E-state index contributed by atoms with van der Waals surface area (Å²) >= 11 is 11.9. The number of carbonyl (C=O) groups excluding carboxylic acids is 1. The molecule has 6 heteroatoms. The van der Waals surface area contributed by atoms with Crippen LogP contribution in [-0.4, -0.2) is 43.1 Å². The third-order valence-electron chi connectivity index (χ3n) is 5.01. The molecule has 0 radical (unpaired) electrons. The second-order valence-electron chi connectivity index (χ2n) is 7.30. The Labute approximate surface area is 176 Å². The van der Waals surface area contributed by atoms with Gasteiger partial charge in [-0.15, -0.1) is 0 Å². The Morgan fingerprint density at radius 2 is 1.93 bits per heavy atom. The lowest BCUT2D eigenvalue weighted by molar-refractivity contribution is -0.127. The van der Waals surface area contributed by atoms with Gasteiger partial charge in [0.2, 0.25) is 0 Å². The molecule has 2 aromatic carbocycles. The Morgan fingerprint density at radius 3 is 2.64 bits per heavy atom. The number of halogens is 2. The van der Waals surface area contributed by atoms with E-state index in [1.807, 2.05) is 6.07 Å². The first kappa shape index (κ1) is 21.0. The van der Waals surface area contributed by atoms with Crippen molar-refractivity contribution in [3.63, 3.8) is 0 Å². The van der Waals surface area contributed by atoms with E-state index in [1.54, 1.807) is 25.1 Å². The van der Waals surface area contributed by atoms with Crippen molar-refractivity contribution in [2.24, 2.45) is 5.92 Å². The first-order valence-corrected chi connectivity index (χ1v) is 10.4. The summed E-state index contributed by atoms with van der Waals surface area (Å²) < 4.78 is 5.67. The molecule has 3 rings (SSSR count). The van der Waals surface area contributed by atoms with Crippen molar-refractivity contribution in [1.82, 2.24) is 10.2 Å². The summed E-state index contributed by atoms with van der Waals surface area (Å²) in [6, 6.07) is 15.5. The molecular weight excluding hydrogens is 395 g/mol. The molecule has 0 bridgehead atoms. The molecule has 4 nitrogen and oxygen atoms in total. The highest BCUT2D eigenvalue weighted by Crippen LogP contribution is 2.25. The number of amides is 1. The third-order valence-corrected chi connectivity index (χ3v) is 5.45. The van der Waals surface area contributed by atoms with Crippen LogP contribution in [-0.2, 0) is 11.2 Å². The van der Waals surface area contributed by atoms with Gasteiger partial charge in [0, 0.05) is 29.7 Å². The monoisotopic (exact) mass is 420 g/mol. The summed E-state index contributed by atoms with van der Waals surface area (Å²) in [5.41, 5.74) is 1.37. The van der Waals surface area contributed by atoms with E-state index in [-0.39, 0.29) is 5.91 Å². The van der Waals surface area contributed by atoms with Crippen LogP contribution in [0.1, 0.15) is 18.9 Å². The quantitative estimate of drug-likeness (QED) is 0.685. The van der Waals surface area contributed by atoms with Gasteiger partial charge in [0.05, 0.1) is 0 Å². The van der Waals surface area contributed by atoms with E-state index in [2.05, 4.69) is 34.5 Å². The molecule has 0 aromatic heterocycles. The van der Waals surface area contributed by atoms with Crippen LogP contribution in [0.4, 0.5) is 0 Å². The van der Waals surface area contributed by atoms with Gasteiger partial charge in [-0.25, -0.2) is 0 Å². The highest BCUT2D eigenvalue weighted by Gasteiger charge is 2.24. The first-order valence-electron chi connectivity index (χ1n) is 9.66. The molecule has 28 heavy (non-hydrogen) atoms. The average Bonchev–Trinajstić information content (AvgIpc) is 3.12. The number of rotatable bonds is 8. The minimum atomic E-state index is -0.606. The topological polar surface area (TPSA) is 41.6 Å². The van der Waals surface area contributed by atoms with Gasteiger partial charge in [0.1, 0.15) is 5.75 Å². The van der Waals surface area contributed by atoms with Gasteiger partial charge in [-0.1, -0.05) is 53.5 Å². The van der Waals surface area contributed by atoms with Gasteiger partial charge >= 0.3 is 0 Å². The zero-order valence-electron chi connectivity index (χ0n) is 16.0.